The van der Waals surface area contributed by atoms with Gasteiger partial charge in [-0.2, -0.15) is 0 Å². The van der Waals surface area contributed by atoms with Gasteiger partial charge in [0.1, 0.15) is 0 Å². The summed E-state index contributed by atoms with van der Waals surface area (Å²) < 4.78 is 0. The van der Waals surface area contributed by atoms with Crippen LogP contribution < -0.4 is 5.32 Å². The number of hydrogen-bond donors (Lipinski definition) is 2. The number of aryl methyl sites for hydroxylation is 1. The second-order valence-electron chi connectivity index (χ2n) is 14.1. The van der Waals surface area contributed by atoms with Crippen LogP contribution in [0.25, 0.3) is 54.6 Å². The van der Waals surface area contributed by atoms with E-state index in [2.05, 4.69) is 159 Å². The Morgan fingerprint density at radius 2 is 0.895 bits per heavy atom. The summed E-state index contributed by atoms with van der Waals surface area (Å²) in [6.45, 7) is 6.91. The molecule has 0 amide bonds. The Hall–Kier alpha value is -6.07. The van der Waals surface area contributed by atoms with Crippen LogP contribution in [0.5, 0.6) is 0 Å². The first-order valence-corrected chi connectivity index (χ1v) is 21.0. The molecule has 1 aliphatic heterocycles. The molecule has 0 bridgehead atoms. The third-order valence-electron chi connectivity index (χ3n) is 10.1. The molecule has 10 rings (SSSR count). The third kappa shape index (κ3) is 8.53. The summed E-state index contributed by atoms with van der Waals surface area (Å²) in [5.74, 6) is 0. The number of nitrogens with one attached hydrogen (secondary N) is 2. The fourth-order valence-electron chi connectivity index (χ4n) is 7.28. The molecule has 0 radical (unpaired) electrons. The van der Waals surface area contributed by atoms with Crippen molar-refractivity contribution in [3.63, 3.8) is 0 Å². The van der Waals surface area contributed by atoms with Gasteiger partial charge in [0.15, 0.2) is 0 Å². The third-order valence-corrected chi connectivity index (χ3v) is 12.6. The van der Waals surface area contributed by atoms with E-state index in [1.165, 1.54) is 79.7 Å². The normalized spacial score (nSPS) is 11.4. The van der Waals surface area contributed by atoms with Crippen LogP contribution in [0.1, 0.15) is 25.0 Å². The Kier molecular flexibility index (Phi) is 11.5. The van der Waals surface area contributed by atoms with Crippen LogP contribution in [0, 0.1) is 12.3 Å². The first-order valence-electron chi connectivity index (χ1n) is 19.4. The van der Waals surface area contributed by atoms with Crippen molar-refractivity contribution in [3.8, 4) is 22.3 Å². The fourth-order valence-corrected chi connectivity index (χ4v) is 9.54. The first-order chi connectivity index (χ1) is 27.9. The molecule has 0 unspecified atom stereocenters. The molecule has 57 heavy (non-hydrogen) atoms. The molecule has 2 N–H and O–H groups in total. The molecule has 0 spiro atoms. The number of anilines is 1. The van der Waals surface area contributed by atoms with Crippen LogP contribution in [-0.4, -0.2) is 12.3 Å². The van der Waals surface area contributed by atoms with Crippen molar-refractivity contribution >= 4 is 67.2 Å². The van der Waals surface area contributed by atoms with E-state index in [9.17, 15) is 0 Å². The van der Waals surface area contributed by atoms with Gasteiger partial charge in [0.2, 0.25) is 0 Å². The monoisotopic (exact) mass is 772 g/mol. The molecule has 9 aromatic rings. The molecule has 0 aromatic heterocycles. The highest BCUT2D eigenvalue weighted by Crippen LogP contribution is 2.49. The largest absolute Gasteiger partial charge is 0.385 e. The molecule has 0 saturated carbocycles. The number of fused-ring (bicyclic) bond motifs is 8. The van der Waals surface area contributed by atoms with Crippen molar-refractivity contribution in [1.82, 2.24) is 0 Å². The highest BCUT2D eigenvalue weighted by atomic mass is 32.2. The predicted molar refractivity (Wildman–Crippen MR) is 249 cm³/mol. The number of rotatable bonds is 5. The van der Waals surface area contributed by atoms with Gasteiger partial charge in [0.05, 0.1) is 0 Å². The molecule has 9 aromatic carbocycles. The van der Waals surface area contributed by atoms with E-state index < -0.39 is 0 Å². The van der Waals surface area contributed by atoms with Crippen molar-refractivity contribution in [1.29, 1.82) is 5.41 Å². The Bertz CT molecular complexity index is 2810. The maximum absolute atomic E-state index is 7.24. The van der Waals surface area contributed by atoms with Crippen molar-refractivity contribution in [2.24, 2.45) is 0 Å². The van der Waals surface area contributed by atoms with Crippen LogP contribution in [0.15, 0.2) is 208 Å². The Morgan fingerprint density at radius 3 is 1.42 bits per heavy atom. The standard InChI is InChI=1S/C38H27NS2.C8H9N.C7H8/c1-2-39-28-20-26(19-27(21-28)25-16-18-37-38(23-25)41-36-14-8-7-13-35(36)40-37)24-15-17-33-31-11-4-3-9-29(31)30-10-5-6-12-32(30)34(33)22-24;1-7(9)8-5-3-2-4-6-8;1-7-5-3-2-4-6-7/h3-23,39H,2H2,1H3;2-6,9H,1H3;2-6H,1H3. The van der Waals surface area contributed by atoms with Crippen molar-refractivity contribution < 1.29 is 0 Å². The summed E-state index contributed by atoms with van der Waals surface area (Å²) in [5, 5.41) is 18.6. The minimum absolute atomic E-state index is 0.621. The van der Waals surface area contributed by atoms with Crippen LogP contribution in [-0.2, 0) is 0 Å². The van der Waals surface area contributed by atoms with Crippen LogP contribution in [0.3, 0.4) is 0 Å². The zero-order chi connectivity index (χ0) is 39.1. The van der Waals surface area contributed by atoms with Gasteiger partial charge in [-0.15, -0.1) is 0 Å². The van der Waals surface area contributed by atoms with E-state index in [0.29, 0.717) is 5.71 Å². The fraction of sp³-hybridized carbons (Fsp3) is 0.0755. The molecule has 0 saturated heterocycles. The Morgan fingerprint density at radius 1 is 0.439 bits per heavy atom. The van der Waals surface area contributed by atoms with E-state index in [1.54, 1.807) is 6.92 Å². The summed E-state index contributed by atoms with van der Waals surface area (Å²) in [7, 11) is 0. The van der Waals surface area contributed by atoms with Gasteiger partial charge >= 0.3 is 0 Å². The summed E-state index contributed by atoms with van der Waals surface area (Å²) >= 11 is 3.74. The van der Waals surface area contributed by atoms with E-state index in [4.69, 9.17) is 5.41 Å². The lowest BCUT2D eigenvalue weighted by atomic mass is 9.91. The van der Waals surface area contributed by atoms with Gasteiger partial charge in [-0.05, 0) is 129 Å². The van der Waals surface area contributed by atoms with Crippen LogP contribution in [0.2, 0.25) is 0 Å². The Balaban J connectivity index is 0.000000237. The van der Waals surface area contributed by atoms with Crippen LogP contribution >= 0.6 is 23.5 Å². The lowest BCUT2D eigenvalue weighted by Gasteiger charge is -2.19. The van der Waals surface area contributed by atoms with E-state index in [-0.39, 0.29) is 0 Å². The first kappa shape index (κ1) is 37.8. The highest BCUT2D eigenvalue weighted by molar-refractivity contribution is 8.05. The van der Waals surface area contributed by atoms with E-state index in [1.807, 2.05) is 72.1 Å². The van der Waals surface area contributed by atoms with Crippen molar-refractivity contribution in [3.05, 3.63) is 199 Å². The maximum atomic E-state index is 7.24. The number of benzene rings is 9. The van der Waals surface area contributed by atoms with Gasteiger partial charge in [-0.1, -0.05) is 169 Å². The molecule has 0 atom stereocenters. The quantitative estimate of drug-likeness (QED) is 0.135. The van der Waals surface area contributed by atoms with E-state index >= 15 is 0 Å². The summed E-state index contributed by atoms with van der Waals surface area (Å²) in [4.78, 5) is 5.32. The van der Waals surface area contributed by atoms with Gasteiger partial charge in [0.25, 0.3) is 0 Å². The topological polar surface area (TPSA) is 35.9 Å². The van der Waals surface area contributed by atoms with Gasteiger partial charge in [-0.25, -0.2) is 0 Å². The second-order valence-corrected chi connectivity index (χ2v) is 16.3. The highest BCUT2D eigenvalue weighted by Gasteiger charge is 2.18. The summed E-state index contributed by atoms with van der Waals surface area (Å²) in [5.41, 5.74) is 9.02. The molecule has 0 fully saturated rings. The minimum Gasteiger partial charge on any atom is -0.385 e. The zero-order valence-corrected chi connectivity index (χ0v) is 34.1. The van der Waals surface area contributed by atoms with Crippen LogP contribution in [0.4, 0.5) is 5.69 Å². The molecule has 0 aliphatic carbocycles. The van der Waals surface area contributed by atoms with Gasteiger partial charge < -0.3 is 10.7 Å². The minimum atomic E-state index is 0.621. The van der Waals surface area contributed by atoms with Crippen molar-refractivity contribution in [2.75, 3.05) is 11.9 Å². The van der Waals surface area contributed by atoms with Gasteiger partial charge in [-0.3, -0.25) is 0 Å². The maximum Gasteiger partial charge on any atom is 0.0355 e. The molecule has 2 nitrogen and oxygen atoms in total. The average molecular weight is 773 g/mol. The predicted octanol–water partition coefficient (Wildman–Crippen LogP) is 15.6. The smallest absolute Gasteiger partial charge is 0.0355 e. The molecule has 1 aliphatic rings. The molecule has 4 heteroatoms. The molecule has 278 valence electrons. The molecular weight excluding hydrogens is 729 g/mol. The van der Waals surface area contributed by atoms with E-state index in [0.717, 1.165) is 17.8 Å². The van der Waals surface area contributed by atoms with Crippen molar-refractivity contribution in [2.45, 2.75) is 40.4 Å². The summed E-state index contributed by atoms with van der Waals surface area (Å²) in [6, 6.07) is 67.0. The molecule has 1 heterocycles. The number of hydrogen-bond acceptors (Lipinski definition) is 4. The lowest BCUT2D eigenvalue weighted by molar-refractivity contribution is 1.16. The average Bonchev–Trinajstić information content (AvgIpc) is 3.26. The zero-order valence-electron chi connectivity index (χ0n) is 32.4. The van der Waals surface area contributed by atoms with Gasteiger partial charge in [0, 0.05) is 37.5 Å². The lowest BCUT2D eigenvalue weighted by Crippen LogP contribution is -1.97. The second kappa shape index (κ2) is 17.4. The SMILES string of the molecule is CC(=N)c1ccccc1.CCNc1cc(-c2ccc3c(c2)Sc2ccccc2S3)cc(-c2ccc3c4ccccc4c4ccccc4c3c2)c1.Cc1ccccc1. The Labute approximate surface area is 344 Å². The molecular formula is C53H44N2S2. The summed E-state index contributed by atoms with van der Waals surface area (Å²) in [6.07, 6.45) is 0.